The molecule has 2 aromatic rings. The van der Waals surface area contributed by atoms with E-state index in [0.29, 0.717) is 0 Å². The lowest BCUT2D eigenvalue weighted by Crippen LogP contribution is -1.98. The number of ether oxygens (including phenoxy) is 2. The lowest BCUT2D eigenvalue weighted by molar-refractivity contribution is 0.357. The Morgan fingerprint density at radius 3 is 2.90 bits per heavy atom. The van der Waals surface area contributed by atoms with Gasteiger partial charge in [0.15, 0.2) is 0 Å². The minimum atomic E-state index is -0.232. The smallest absolute Gasteiger partial charge is 0.125 e. The van der Waals surface area contributed by atoms with Gasteiger partial charge in [0.25, 0.3) is 0 Å². The molecular formula is C16H14BrClO2. The second-order valence-corrected chi connectivity index (χ2v) is 6.07. The molecule has 1 unspecified atom stereocenters. The van der Waals surface area contributed by atoms with Crippen molar-refractivity contribution in [2.75, 3.05) is 13.7 Å². The predicted octanol–water partition coefficient (Wildman–Crippen LogP) is 4.72. The van der Waals surface area contributed by atoms with Crippen LogP contribution in [0.1, 0.15) is 22.1 Å². The molecule has 1 aliphatic heterocycles. The molecule has 0 bridgehead atoms. The van der Waals surface area contributed by atoms with E-state index in [1.807, 2.05) is 30.3 Å². The maximum atomic E-state index is 6.63. The Balaban J connectivity index is 1.98. The Hall–Kier alpha value is -1.19. The largest absolute Gasteiger partial charge is 0.496 e. The van der Waals surface area contributed by atoms with Gasteiger partial charge in [0.05, 0.1) is 19.1 Å². The number of rotatable bonds is 3. The summed E-state index contributed by atoms with van der Waals surface area (Å²) in [6, 6.07) is 12.0. The molecule has 0 saturated carbocycles. The summed E-state index contributed by atoms with van der Waals surface area (Å²) in [4.78, 5) is 0. The Kier molecular flexibility index (Phi) is 3.90. The van der Waals surface area contributed by atoms with Crippen LogP contribution in [0, 0.1) is 0 Å². The zero-order valence-corrected chi connectivity index (χ0v) is 13.4. The molecule has 3 rings (SSSR count). The maximum Gasteiger partial charge on any atom is 0.125 e. The number of fused-ring (bicyclic) bond motifs is 1. The van der Waals surface area contributed by atoms with Gasteiger partial charge in [-0.05, 0) is 29.3 Å². The molecule has 2 aromatic carbocycles. The summed E-state index contributed by atoms with van der Waals surface area (Å²) >= 11 is 10.1. The Bertz CT molecular complexity index is 642. The fourth-order valence-electron chi connectivity index (χ4n) is 2.44. The minimum absolute atomic E-state index is 0.232. The second kappa shape index (κ2) is 5.66. The molecule has 1 heterocycles. The highest BCUT2D eigenvalue weighted by Gasteiger charge is 2.19. The van der Waals surface area contributed by atoms with E-state index < -0.39 is 0 Å². The van der Waals surface area contributed by atoms with Gasteiger partial charge in [0.2, 0.25) is 0 Å². The van der Waals surface area contributed by atoms with Crippen LogP contribution in [0.15, 0.2) is 40.9 Å². The van der Waals surface area contributed by atoms with Crippen molar-refractivity contribution in [1.29, 1.82) is 0 Å². The van der Waals surface area contributed by atoms with Crippen LogP contribution in [0.5, 0.6) is 11.5 Å². The predicted molar refractivity (Wildman–Crippen MR) is 84.0 cm³/mol. The first-order valence-corrected chi connectivity index (χ1v) is 7.65. The first kappa shape index (κ1) is 13.8. The zero-order valence-electron chi connectivity index (χ0n) is 11.0. The summed E-state index contributed by atoms with van der Waals surface area (Å²) in [6.45, 7) is 0.757. The van der Waals surface area contributed by atoms with E-state index in [1.165, 1.54) is 5.56 Å². The van der Waals surface area contributed by atoms with Crippen LogP contribution in [0.3, 0.4) is 0 Å². The molecule has 0 fully saturated rings. The van der Waals surface area contributed by atoms with E-state index >= 15 is 0 Å². The molecule has 104 valence electrons. The lowest BCUT2D eigenvalue weighted by Gasteiger charge is -2.15. The quantitative estimate of drug-likeness (QED) is 0.743. The van der Waals surface area contributed by atoms with Crippen molar-refractivity contribution in [3.63, 3.8) is 0 Å². The first-order valence-electron chi connectivity index (χ1n) is 6.42. The summed E-state index contributed by atoms with van der Waals surface area (Å²) in [7, 11) is 1.66. The molecule has 0 saturated heterocycles. The third-order valence-corrected chi connectivity index (χ3v) is 4.46. The van der Waals surface area contributed by atoms with E-state index in [4.69, 9.17) is 21.1 Å². The molecular weight excluding hydrogens is 340 g/mol. The normalized spacial score (nSPS) is 14.6. The second-order valence-electron chi connectivity index (χ2n) is 4.71. The van der Waals surface area contributed by atoms with Crippen LogP contribution in [0.25, 0.3) is 0 Å². The molecule has 0 spiro atoms. The number of halogens is 2. The SMILES string of the molecule is COc1cc(Br)ccc1C(Cl)c1ccc2c(c1)CCO2. The molecule has 1 atom stereocenters. The van der Waals surface area contributed by atoms with Gasteiger partial charge in [0, 0.05) is 16.5 Å². The van der Waals surface area contributed by atoms with Crippen LogP contribution in [0.2, 0.25) is 0 Å². The topological polar surface area (TPSA) is 18.5 Å². The average Bonchev–Trinajstić information content (AvgIpc) is 2.93. The third-order valence-electron chi connectivity index (χ3n) is 3.47. The summed E-state index contributed by atoms with van der Waals surface area (Å²) in [5, 5.41) is -0.232. The van der Waals surface area contributed by atoms with Crippen molar-refractivity contribution in [3.8, 4) is 11.5 Å². The van der Waals surface area contributed by atoms with Crippen molar-refractivity contribution in [2.45, 2.75) is 11.8 Å². The van der Waals surface area contributed by atoms with Gasteiger partial charge in [-0.1, -0.05) is 34.1 Å². The number of benzene rings is 2. The van der Waals surface area contributed by atoms with E-state index in [2.05, 4.69) is 22.0 Å². The molecule has 0 aromatic heterocycles. The van der Waals surface area contributed by atoms with Crippen LogP contribution >= 0.6 is 27.5 Å². The van der Waals surface area contributed by atoms with E-state index in [1.54, 1.807) is 7.11 Å². The third kappa shape index (κ3) is 2.52. The summed E-state index contributed by atoms with van der Waals surface area (Å²) < 4.78 is 11.9. The van der Waals surface area contributed by atoms with Crippen LogP contribution < -0.4 is 9.47 Å². The Morgan fingerprint density at radius 2 is 2.10 bits per heavy atom. The molecule has 0 amide bonds. The highest BCUT2D eigenvalue weighted by molar-refractivity contribution is 9.10. The molecule has 20 heavy (non-hydrogen) atoms. The fourth-order valence-corrected chi connectivity index (χ4v) is 3.09. The van der Waals surface area contributed by atoms with Gasteiger partial charge < -0.3 is 9.47 Å². The van der Waals surface area contributed by atoms with Gasteiger partial charge in [-0.25, -0.2) is 0 Å². The average molecular weight is 354 g/mol. The Labute approximate surface area is 131 Å². The highest BCUT2D eigenvalue weighted by atomic mass is 79.9. The zero-order chi connectivity index (χ0) is 14.1. The summed E-state index contributed by atoms with van der Waals surface area (Å²) in [5.74, 6) is 1.76. The molecule has 2 nitrogen and oxygen atoms in total. The van der Waals surface area contributed by atoms with Crippen molar-refractivity contribution in [2.24, 2.45) is 0 Å². The van der Waals surface area contributed by atoms with E-state index in [-0.39, 0.29) is 5.38 Å². The van der Waals surface area contributed by atoms with Crippen LogP contribution in [-0.4, -0.2) is 13.7 Å². The standard InChI is InChI=1S/C16H14BrClO2/c1-19-15-9-12(17)3-4-13(15)16(18)11-2-5-14-10(8-11)6-7-20-14/h2-5,8-9,16H,6-7H2,1H3. The van der Waals surface area contributed by atoms with E-state index in [9.17, 15) is 0 Å². The van der Waals surface area contributed by atoms with Crippen molar-refractivity contribution in [1.82, 2.24) is 0 Å². The minimum Gasteiger partial charge on any atom is -0.496 e. The van der Waals surface area contributed by atoms with Gasteiger partial charge in [-0.3, -0.25) is 0 Å². The lowest BCUT2D eigenvalue weighted by atomic mass is 10.0. The van der Waals surface area contributed by atoms with Gasteiger partial charge in [-0.2, -0.15) is 0 Å². The molecule has 1 aliphatic rings. The number of alkyl halides is 1. The van der Waals surface area contributed by atoms with Crippen molar-refractivity contribution < 1.29 is 9.47 Å². The number of hydrogen-bond acceptors (Lipinski definition) is 2. The van der Waals surface area contributed by atoms with Crippen LogP contribution in [0.4, 0.5) is 0 Å². The summed E-state index contributed by atoms with van der Waals surface area (Å²) in [6.07, 6.45) is 0.949. The Morgan fingerprint density at radius 1 is 1.25 bits per heavy atom. The maximum absolute atomic E-state index is 6.63. The monoisotopic (exact) mass is 352 g/mol. The van der Waals surface area contributed by atoms with Crippen LogP contribution in [-0.2, 0) is 6.42 Å². The molecule has 0 aliphatic carbocycles. The highest BCUT2D eigenvalue weighted by Crippen LogP contribution is 2.38. The number of methoxy groups -OCH3 is 1. The molecule has 0 radical (unpaired) electrons. The molecule has 4 heteroatoms. The summed E-state index contributed by atoms with van der Waals surface area (Å²) in [5.41, 5.74) is 3.26. The van der Waals surface area contributed by atoms with Crippen molar-refractivity contribution >= 4 is 27.5 Å². The van der Waals surface area contributed by atoms with E-state index in [0.717, 1.165) is 40.1 Å². The first-order chi connectivity index (χ1) is 9.69. The van der Waals surface area contributed by atoms with Gasteiger partial charge >= 0.3 is 0 Å². The van der Waals surface area contributed by atoms with Crippen molar-refractivity contribution in [3.05, 3.63) is 57.6 Å². The van der Waals surface area contributed by atoms with Gasteiger partial charge in [-0.15, -0.1) is 11.6 Å². The molecule has 0 N–H and O–H groups in total. The fraction of sp³-hybridized carbons (Fsp3) is 0.250. The van der Waals surface area contributed by atoms with Gasteiger partial charge in [0.1, 0.15) is 11.5 Å². The number of hydrogen-bond donors (Lipinski definition) is 0.